The highest BCUT2D eigenvalue weighted by Crippen LogP contribution is 2.34. The molecule has 0 saturated heterocycles. The van der Waals surface area contributed by atoms with E-state index in [1.54, 1.807) is 24.3 Å². The maximum absolute atomic E-state index is 12.9. The molecule has 10 heteroatoms. The van der Waals surface area contributed by atoms with Crippen molar-refractivity contribution >= 4 is 23.2 Å². The van der Waals surface area contributed by atoms with Crippen LogP contribution < -0.4 is 15.6 Å². The van der Waals surface area contributed by atoms with Crippen molar-refractivity contribution in [1.82, 2.24) is 9.55 Å². The molecule has 0 aliphatic heterocycles. The molecule has 30 heavy (non-hydrogen) atoms. The Morgan fingerprint density at radius 2 is 1.87 bits per heavy atom. The number of halogens is 4. The lowest BCUT2D eigenvalue weighted by Crippen LogP contribution is -2.27. The maximum Gasteiger partial charge on any atom is 0.416 e. The molecule has 3 aromatic rings. The average Bonchev–Trinajstić information content (AvgIpc) is 2.69. The number of aromatic nitrogens is 2. The summed E-state index contributed by atoms with van der Waals surface area (Å²) >= 11 is 5.83. The van der Waals surface area contributed by atoms with E-state index in [9.17, 15) is 22.8 Å². The molecule has 6 nitrogen and oxygen atoms in total. The van der Waals surface area contributed by atoms with E-state index in [0.29, 0.717) is 16.3 Å². The molecule has 2 aromatic carbocycles. The number of carbonyl (C=O) groups excluding carboxylic acids is 1. The predicted octanol–water partition coefficient (Wildman–Crippen LogP) is 4.23. The van der Waals surface area contributed by atoms with E-state index in [0.717, 1.165) is 22.8 Å². The van der Waals surface area contributed by atoms with Gasteiger partial charge in [0, 0.05) is 16.7 Å². The molecule has 0 atom stereocenters. The standard InChI is InChI=1S/C20H15ClF3N3O3/c1-30-17-7-4-13(20(22,23)24)8-16(17)26-18(28)10-27-11-25-15(9-19(27)29)12-2-5-14(21)6-3-12/h2-9,11H,10H2,1H3,(H,26,28). The summed E-state index contributed by atoms with van der Waals surface area (Å²) in [6, 6.07) is 10.7. The predicted molar refractivity (Wildman–Crippen MR) is 106 cm³/mol. The minimum absolute atomic E-state index is 0.0555. The van der Waals surface area contributed by atoms with Crippen LogP contribution >= 0.6 is 11.6 Å². The number of rotatable bonds is 5. The van der Waals surface area contributed by atoms with Gasteiger partial charge in [-0.1, -0.05) is 23.7 Å². The Labute approximate surface area is 173 Å². The molecule has 0 aliphatic rings. The van der Waals surface area contributed by atoms with Crippen molar-refractivity contribution < 1.29 is 22.7 Å². The van der Waals surface area contributed by atoms with Crippen molar-refractivity contribution in [2.75, 3.05) is 12.4 Å². The smallest absolute Gasteiger partial charge is 0.416 e. The topological polar surface area (TPSA) is 73.2 Å². The summed E-state index contributed by atoms with van der Waals surface area (Å²) in [5.41, 5.74) is -0.531. The van der Waals surface area contributed by atoms with Crippen LogP contribution in [0.3, 0.4) is 0 Å². The Balaban J connectivity index is 1.78. The second kappa shape index (κ2) is 8.58. The van der Waals surface area contributed by atoms with E-state index in [2.05, 4.69) is 10.3 Å². The highest BCUT2D eigenvalue weighted by atomic mass is 35.5. The Bertz CT molecular complexity index is 1130. The first-order valence-electron chi connectivity index (χ1n) is 8.55. The van der Waals surface area contributed by atoms with Crippen molar-refractivity contribution in [3.8, 4) is 17.0 Å². The summed E-state index contributed by atoms with van der Waals surface area (Å²) in [7, 11) is 1.27. The Morgan fingerprint density at radius 3 is 2.47 bits per heavy atom. The van der Waals surface area contributed by atoms with Crippen molar-refractivity contribution in [2.45, 2.75) is 12.7 Å². The van der Waals surface area contributed by atoms with Gasteiger partial charge in [-0.15, -0.1) is 0 Å². The fourth-order valence-corrected chi connectivity index (χ4v) is 2.78. The number of amides is 1. The molecule has 1 aromatic heterocycles. The molecule has 0 saturated carbocycles. The first-order chi connectivity index (χ1) is 14.2. The third-order valence-corrected chi connectivity index (χ3v) is 4.39. The summed E-state index contributed by atoms with van der Waals surface area (Å²) in [5.74, 6) is -0.657. The van der Waals surface area contributed by atoms with Crippen LogP contribution in [0.25, 0.3) is 11.3 Å². The second-order valence-electron chi connectivity index (χ2n) is 6.21. The number of methoxy groups -OCH3 is 1. The van der Waals surface area contributed by atoms with E-state index < -0.39 is 29.8 Å². The summed E-state index contributed by atoms with van der Waals surface area (Å²) in [6.45, 7) is -0.438. The fraction of sp³-hybridized carbons (Fsp3) is 0.150. The molecule has 0 radical (unpaired) electrons. The first-order valence-corrected chi connectivity index (χ1v) is 8.92. The highest BCUT2D eigenvalue weighted by molar-refractivity contribution is 6.30. The zero-order chi connectivity index (χ0) is 21.9. The second-order valence-corrected chi connectivity index (χ2v) is 6.64. The van der Waals surface area contributed by atoms with Crippen LogP contribution in [-0.4, -0.2) is 22.6 Å². The van der Waals surface area contributed by atoms with Gasteiger partial charge in [0.25, 0.3) is 5.56 Å². The van der Waals surface area contributed by atoms with Crippen molar-refractivity contribution in [3.63, 3.8) is 0 Å². The van der Waals surface area contributed by atoms with Crippen LogP contribution in [0, 0.1) is 0 Å². The average molecular weight is 438 g/mol. The van der Waals surface area contributed by atoms with E-state index in [-0.39, 0.29) is 11.4 Å². The van der Waals surface area contributed by atoms with Gasteiger partial charge in [-0.25, -0.2) is 4.98 Å². The van der Waals surface area contributed by atoms with E-state index in [1.165, 1.54) is 19.5 Å². The molecule has 3 rings (SSSR count). The zero-order valence-electron chi connectivity index (χ0n) is 15.5. The minimum Gasteiger partial charge on any atom is -0.495 e. The van der Waals surface area contributed by atoms with Crippen LogP contribution in [-0.2, 0) is 17.5 Å². The van der Waals surface area contributed by atoms with Crippen LogP contribution in [0.5, 0.6) is 5.75 Å². The maximum atomic E-state index is 12.9. The van der Waals surface area contributed by atoms with Crippen LogP contribution in [0.2, 0.25) is 5.02 Å². The monoisotopic (exact) mass is 437 g/mol. The fourth-order valence-electron chi connectivity index (χ4n) is 2.65. The van der Waals surface area contributed by atoms with Gasteiger partial charge in [-0.05, 0) is 30.3 Å². The number of alkyl halides is 3. The zero-order valence-corrected chi connectivity index (χ0v) is 16.3. The number of nitrogens with one attached hydrogen (secondary N) is 1. The van der Waals surface area contributed by atoms with E-state index in [4.69, 9.17) is 16.3 Å². The lowest BCUT2D eigenvalue weighted by atomic mass is 10.1. The van der Waals surface area contributed by atoms with E-state index in [1.807, 2.05) is 0 Å². The normalized spacial score (nSPS) is 11.2. The Hall–Kier alpha value is -3.33. The van der Waals surface area contributed by atoms with Gasteiger partial charge in [-0.2, -0.15) is 13.2 Å². The van der Waals surface area contributed by atoms with Gasteiger partial charge >= 0.3 is 6.18 Å². The molecule has 156 valence electrons. The quantitative estimate of drug-likeness (QED) is 0.648. The Morgan fingerprint density at radius 1 is 1.17 bits per heavy atom. The van der Waals surface area contributed by atoms with E-state index >= 15 is 0 Å². The number of hydrogen-bond acceptors (Lipinski definition) is 4. The molecular weight excluding hydrogens is 423 g/mol. The number of carbonyl (C=O) groups is 1. The first kappa shape index (κ1) is 21.4. The summed E-state index contributed by atoms with van der Waals surface area (Å²) in [6.07, 6.45) is -3.39. The number of hydrogen-bond donors (Lipinski definition) is 1. The summed E-state index contributed by atoms with van der Waals surface area (Å²) in [5, 5.41) is 2.87. The number of nitrogens with zero attached hydrogens (tertiary/aromatic N) is 2. The van der Waals surface area contributed by atoms with Gasteiger partial charge in [0.2, 0.25) is 5.91 Å². The van der Waals surface area contributed by atoms with Crippen LogP contribution in [0.1, 0.15) is 5.56 Å². The number of anilines is 1. The molecule has 1 heterocycles. The lowest BCUT2D eigenvalue weighted by molar-refractivity contribution is -0.137. The van der Waals surface area contributed by atoms with Gasteiger partial charge in [0.05, 0.1) is 30.4 Å². The van der Waals surface area contributed by atoms with Crippen LogP contribution in [0.15, 0.2) is 59.7 Å². The van der Waals surface area contributed by atoms with Crippen molar-refractivity contribution in [3.05, 3.63) is 75.8 Å². The van der Waals surface area contributed by atoms with Crippen molar-refractivity contribution in [1.29, 1.82) is 0 Å². The number of benzene rings is 2. The van der Waals surface area contributed by atoms with Gasteiger partial charge in [0.15, 0.2) is 0 Å². The number of ether oxygens (including phenoxy) is 1. The van der Waals surface area contributed by atoms with Gasteiger partial charge in [-0.3, -0.25) is 14.2 Å². The highest BCUT2D eigenvalue weighted by Gasteiger charge is 2.31. The Kier molecular flexibility index (Phi) is 6.12. The molecule has 0 spiro atoms. The third kappa shape index (κ3) is 4.98. The molecule has 1 amide bonds. The molecular formula is C20H15ClF3N3O3. The summed E-state index contributed by atoms with van der Waals surface area (Å²) in [4.78, 5) is 28.8. The molecule has 0 fully saturated rings. The van der Waals surface area contributed by atoms with Gasteiger partial charge < -0.3 is 10.1 Å². The molecule has 1 N–H and O–H groups in total. The molecule has 0 bridgehead atoms. The largest absolute Gasteiger partial charge is 0.495 e. The lowest BCUT2D eigenvalue weighted by Gasteiger charge is -2.14. The third-order valence-electron chi connectivity index (χ3n) is 4.13. The van der Waals surface area contributed by atoms with Crippen LogP contribution in [0.4, 0.5) is 18.9 Å². The minimum atomic E-state index is -4.58. The van der Waals surface area contributed by atoms with Gasteiger partial charge in [0.1, 0.15) is 12.3 Å². The summed E-state index contributed by atoms with van der Waals surface area (Å²) < 4.78 is 44.8. The molecule has 0 unspecified atom stereocenters. The van der Waals surface area contributed by atoms with Crippen molar-refractivity contribution in [2.24, 2.45) is 0 Å². The molecule has 0 aliphatic carbocycles. The SMILES string of the molecule is COc1ccc(C(F)(F)F)cc1NC(=O)Cn1cnc(-c2ccc(Cl)cc2)cc1=O.